The molecular weight excluding hydrogens is 273 g/mol. The number of nitrogens with two attached hydrogens (primary N) is 1. The van der Waals surface area contributed by atoms with Gasteiger partial charge < -0.3 is 10.7 Å². The lowest BCUT2D eigenvalue weighted by atomic mass is 10.2. The summed E-state index contributed by atoms with van der Waals surface area (Å²) in [5.41, 5.74) is 10.4. The molecule has 0 saturated heterocycles. The van der Waals surface area contributed by atoms with Crippen LogP contribution in [0.5, 0.6) is 0 Å². The van der Waals surface area contributed by atoms with E-state index in [0.29, 0.717) is 11.4 Å². The average molecular weight is 287 g/mol. The van der Waals surface area contributed by atoms with Crippen LogP contribution in [-0.4, -0.2) is 9.97 Å². The standard InChI is InChI=1S/C15H14FN3S/c1-9-2-5-13-14(6-9)19-15(18-13)20-8-10-7-11(16)3-4-12(10)17/h2-7H,8,17H2,1H3,(H,18,19). The van der Waals surface area contributed by atoms with Gasteiger partial charge in [0.25, 0.3) is 0 Å². The largest absolute Gasteiger partial charge is 0.398 e. The monoisotopic (exact) mass is 287 g/mol. The summed E-state index contributed by atoms with van der Waals surface area (Å²) in [6.07, 6.45) is 0. The molecule has 0 spiro atoms. The minimum Gasteiger partial charge on any atom is -0.398 e. The van der Waals surface area contributed by atoms with Crippen molar-refractivity contribution in [1.29, 1.82) is 0 Å². The van der Waals surface area contributed by atoms with Crippen LogP contribution < -0.4 is 5.73 Å². The summed E-state index contributed by atoms with van der Waals surface area (Å²) in [6.45, 7) is 2.04. The van der Waals surface area contributed by atoms with E-state index < -0.39 is 0 Å². The highest BCUT2D eigenvalue weighted by molar-refractivity contribution is 7.98. The van der Waals surface area contributed by atoms with Crippen LogP contribution in [0.25, 0.3) is 11.0 Å². The van der Waals surface area contributed by atoms with Gasteiger partial charge >= 0.3 is 0 Å². The number of aryl methyl sites for hydroxylation is 1. The molecule has 0 aliphatic heterocycles. The maximum atomic E-state index is 13.2. The molecule has 3 rings (SSSR count). The van der Waals surface area contributed by atoms with Gasteiger partial charge in [0.15, 0.2) is 5.16 Å². The first-order valence-corrected chi connectivity index (χ1v) is 7.23. The smallest absolute Gasteiger partial charge is 0.166 e. The first-order chi connectivity index (χ1) is 9.61. The number of halogens is 1. The molecule has 3 N–H and O–H groups in total. The number of imidazole rings is 1. The summed E-state index contributed by atoms with van der Waals surface area (Å²) in [7, 11) is 0. The van der Waals surface area contributed by atoms with Crippen molar-refractivity contribution in [3.63, 3.8) is 0 Å². The van der Waals surface area contributed by atoms with Crippen LogP contribution in [0.15, 0.2) is 41.6 Å². The lowest BCUT2D eigenvalue weighted by molar-refractivity contribution is 0.627. The fourth-order valence-electron chi connectivity index (χ4n) is 2.01. The highest BCUT2D eigenvalue weighted by atomic mass is 32.2. The number of hydrogen-bond donors (Lipinski definition) is 2. The minimum absolute atomic E-state index is 0.268. The molecular formula is C15H14FN3S. The van der Waals surface area contributed by atoms with Crippen molar-refractivity contribution in [3.05, 3.63) is 53.3 Å². The highest BCUT2D eigenvalue weighted by Crippen LogP contribution is 2.26. The summed E-state index contributed by atoms with van der Waals surface area (Å²) < 4.78 is 13.2. The van der Waals surface area contributed by atoms with Gasteiger partial charge in [-0.15, -0.1) is 0 Å². The Morgan fingerprint density at radius 1 is 1.25 bits per heavy atom. The van der Waals surface area contributed by atoms with Crippen LogP contribution in [0.2, 0.25) is 0 Å². The van der Waals surface area contributed by atoms with Crippen molar-refractivity contribution in [2.45, 2.75) is 17.8 Å². The number of nitrogens with zero attached hydrogens (tertiary/aromatic N) is 1. The fraction of sp³-hybridized carbons (Fsp3) is 0.133. The molecule has 0 saturated carbocycles. The van der Waals surface area contributed by atoms with E-state index in [2.05, 4.69) is 16.0 Å². The number of H-pyrrole nitrogens is 1. The Morgan fingerprint density at radius 2 is 2.10 bits per heavy atom. The lowest BCUT2D eigenvalue weighted by Crippen LogP contribution is -1.93. The van der Waals surface area contributed by atoms with Gasteiger partial charge in [0, 0.05) is 11.4 Å². The third-order valence-electron chi connectivity index (χ3n) is 3.09. The van der Waals surface area contributed by atoms with Crippen LogP contribution in [0.4, 0.5) is 10.1 Å². The van der Waals surface area contributed by atoms with Gasteiger partial charge in [0.05, 0.1) is 11.0 Å². The fourth-order valence-corrected chi connectivity index (χ4v) is 2.90. The zero-order chi connectivity index (χ0) is 14.1. The van der Waals surface area contributed by atoms with Gasteiger partial charge in [0.1, 0.15) is 5.82 Å². The second kappa shape index (κ2) is 5.17. The lowest BCUT2D eigenvalue weighted by Gasteiger charge is -2.03. The number of nitrogen functional groups attached to an aromatic ring is 1. The number of aromatic amines is 1. The summed E-state index contributed by atoms with van der Waals surface area (Å²) in [4.78, 5) is 7.75. The van der Waals surface area contributed by atoms with Crippen molar-refractivity contribution in [2.24, 2.45) is 0 Å². The predicted molar refractivity (Wildman–Crippen MR) is 81.2 cm³/mol. The van der Waals surface area contributed by atoms with Crippen LogP contribution in [0.1, 0.15) is 11.1 Å². The molecule has 1 heterocycles. The summed E-state index contributed by atoms with van der Waals surface area (Å²) in [5, 5.41) is 0.814. The molecule has 0 unspecified atom stereocenters. The Balaban J connectivity index is 1.81. The molecule has 0 bridgehead atoms. The molecule has 2 aromatic carbocycles. The predicted octanol–water partition coefficient (Wildman–Crippen LogP) is 3.88. The molecule has 0 amide bonds. The second-order valence-electron chi connectivity index (χ2n) is 4.69. The average Bonchev–Trinajstić information content (AvgIpc) is 2.81. The highest BCUT2D eigenvalue weighted by Gasteiger charge is 2.06. The molecule has 0 aliphatic rings. The Kier molecular flexibility index (Phi) is 3.36. The van der Waals surface area contributed by atoms with Crippen molar-refractivity contribution in [1.82, 2.24) is 9.97 Å². The van der Waals surface area contributed by atoms with E-state index in [1.54, 1.807) is 6.07 Å². The van der Waals surface area contributed by atoms with E-state index in [-0.39, 0.29) is 5.82 Å². The number of hydrogen-bond acceptors (Lipinski definition) is 3. The van der Waals surface area contributed by atoms with Gasteiger partial charge in [-0.3, -0.25) is 0 Å². The molecule has 1 aromatic heterocycles. The first-order valence-electron chi connectivity index (χ1n) is 6.25. The zero-order valence-electron chi connectivity index (χ0n) is 11.0. The Bertz CT molecular complexity index is 767. The maximum Gasteiger partial charge on any atom is 0.166 e. The van der Waals surface area contributed by atoms with Crippen LogP contribution in [-0.2, 0) is 5.75 Å². The Morgan fingerprint density at radius 3 is 2.95 bits per heavy atom. The quantitative estimate of drug-likeness (QED) is 0.567. The van der Waals surface area contributed by atoms with Crippen molar-refractivity contribution in [2.75, 3.05) is 5.73 Å². The summed E-state index contributed by atoms with van der Waals surface area (Å²) >= 11 is 1.51. The third kappa shape index (κ3) is 2.63. The molecule has 20 heavy (non-hydrogen) atoms. The normalized spacial score (nSPS) is 11.1. The molecule has 3 aromatic rings. The van der Waals surface area contributed by atoms with Crippen LogP contribution in [0.3, 0.4) is 0 Å². The summed E-state index contributed by atoms with van der Waals surface area (Å²) in [6, 6.07) is 10.5. The van der Waals surface area contributed by atoms with Crippen molar-refractivity contribution in [3.8, 4) is 0 Å². The molecule has 0 atom stereocenters. The van der Waals surface area contributed by atoms with Gasteiger partial charge in [-0.2, -0.15) is 0 Å². The Labute approximate surface area is 120 Å². The third-order valence-corrected chi connectivity index (χ3v) is 4.01. The number of thioether (sulfide) groups is 1. The van der Waals surface area contributed by atoms with Gasteiger partial charge in [-0.05, 0) is 48.4 Å². The van der Waals surface area contributed by atoms with E-state index in [9.17, 15) is 4.39 Å². The van der Waals surface area contributed by atoms with E-state index in [0.717, 1.165) is 21.8 Å². The number of anilines is 1. The van der Waals surface area contributed by atoms with Gasteiger partial charge in [0.2, 0.25) is 0 Å². The minimum atomic E-state index is -0.268. The number of nitrogens with one attached hydrogen (secondary N) is 1. The second-order valence-corrected chi connectivity index (χ2v) is 5.66. The number of fused-ring (bicyclic) bond motifs is 1. The SMILES string of the molecule is Cc1ccc2nc(SCc3cc(F)ccc3N)[nH]c2c1. The van der Waals surface area contributed by atoms with Crippen molar-refractivity contribution < 1.29 is 4.39 Å². The topological polar surface area (TPSA) is 54.7 Å². The molecule has 102 valence electrons. The van der Waals surface area contributed by atoms with Gasteiger partial charge in [-0.25, -0.2) is 9.37 Å². The molecule has 0 radical (unpaired) electrons. The first kappa shape index (κ1) is 13.0. The molecule has 0 fully saturated rings. The van der Waals surface area contributed by atoms with Crippen LogP contribution >= 0.6 is 11.8 Å². The number of benzene rings is 2. The maximum absolute atomic E-state index is 13.2. The zero-order valence-corrected chi connectivity index (χ0v) is 11.8. The van der Waals surface area contributed by atoms with E-state index in [1.165, 1.54) is 29.5 Å². The summed E-state index contributed by atoms with van der Waals surface area (Å²) in [5.74, 6) is 0.317. The molecule has 5 heteroatoms. The Hall–Kier alpha value is -2.01. The van der Waals surface area contributed by atoms with E-state index in [1.807, 2.05) is 19.1 Å². The number of rotatable bonds is 3. The van der Waals surface area contributed by atoms with Crippen LogP contribution in [0, 0.1) is 12.7 Å². The number of aromatic nitrogens is 2. The molecule has 3 nitrogen and oxygen atoms in total. The van der Waals surface area contributed by atoms with E-state index >= 15 is 0 Å². The molecule has 0 aliphatic carbocycles. The van der Waals surface area contributed by atoms with Gasteiger partial charge in [-0.1, -0.05) is 17.8 Å². The van der Waals surface area contributed by atoms with E-state index in [4.69, 9.17) is 5.73 Å². The van der Waals surface area contributed by atoms with Crippen molar-refractivity contribution >= 4 is 28.5 Å².